The molecule has 0 saturated heterocycles. The van der Waals surface area contributed by atoms with E-state index in [4.69, 9.17) is 0 Å². The first kappa shape index (κ1) is 14.0. The van der Waals surface area contributed by atoms with Gasteiger partial charge in [-0.1, -0.05) is 64.2 Å². The third-order valence-electron chi connectivity index (χ3n) is 3.69. The summed E-state index contributed by atoms with van der Waals surface area (Å²) < 4.78 is 0. The molecule has 2 heteroatoms. The van der Waals surface area contributed by atoms with E-state index in [0.717, 1.165) is 25.7 Å². The Hall–Kier alpha value is -0.0800. The van der Waals surface area contributed by atoms with E-state index in [-0.39, 0.29) is 0 Å². The summed E-state index contributed by atoms with van der Waals surface area (Å²) >= 11 is 0. The molecule has 96 valence electrons. The molecule has 1 saturated carbocycles. The van der Waals surface area contributed by atoms with Crippen molar-refractivity contribution in [1.82, 2.24) is 0 Å². The molecule has 0 heterocycles. The van der Waals surface area contributed by atoms with Crippen LogP contribution >= 0.6 is 0 Å². The lowest BCUT2D eigenvalue weighted by Crippen LogP contribution is -2.25. The topological polar surface area (TPSA) is 40.5 Å². The van der Waals surface area contributed by atoms with Gasteiger partial charge in [0.1, 0.15) is 0 Å². The lowest BCUT2D eigenvalue weighted by Gasteiger charge is -2.18. The van der Waals surface area contributed by atoms with Crippen molar-refractivity contribution in [2.24, 2.45) is 0 Å². The molecule has 0 aliphatic heterocycles. The van der Waals surface area contributed by atoms with Crippen LogP contribution in [0.5, 0.6) is 0 Å². The van der Waals surface area contributed by atoms with E-state index in [1.807, 2.05) is 0 Å². The minimum atomic E-state index is -0.483. The first-order chi connectivity index (χ1) is 7.80. The van der Waals surface area contributed by atoms with Gasteiger partial charge in [-0.15, -0.1) is 0 Å². The molecule has 0 spiro atoms. The van der Waals surface area contributed by atoms with E-state index in [2.05, 4.69) is 0 Å². The minimum absolute atomic E-state index is 0.483. The summed E-state index contributed by atoms with van der Waals surface area (Å²) in [5.74, 6) is 0. The van der Waals surface area contributed by atoms with Crippen LogP contribution in [0.1, 0.15) is 77.0 Å². The van der Waals surface area contributed by atoms with Gasteiger partial charge >= 0.3 is 0 Å². The second-order valence-electron chi connectivity index (χ2n) is 5.25. The molecule has 2 atom stereocenters. The SMILES string of the molecule is O[C@@H]1CCCCCCCCCCCC[C@H]1O. The van der Waals surface area contributed by atoms with Gasteiger partial charge in [0.05, 0.1) is 12.2 Å². The molecule has 0 radical (unpaired) electrons. The molecule has 0 amide bonds. The first-order valence-electron chi connectivity index (χ1n) is 7.17. The van der Waals surface area contributed by atoms with Gasteiger partial charge in [-0.3, -0.25) is 0 Å². The number of aliphatic hydroxyl groups is 2. The van der Waals surface area contributed by atoms with Crippen molar-refractivity contribution < 1.29 is 10.2 Å². The van der Waals surface area contributed by atoms with Gasteiger partial charge in [-0.05, 0) is 12.8 Å². The van der Waals surface area contributed by atoms with Crippen LogP contribution in [-0.4, -0.2) is 22.4 Å². The fourth-order valence-electron chi connectivity index (χ4n) is 2.51. The summed E-state index contributed by atoms with van der Waals surface area (Å²) in [6.07, 6.45) is 13.2. The highest BCUT2D eigenvalue weighted by atomic mass is 16.3. The number of hydrogen-bond donors (Lipinski definition) is 2. The van der Waals surface area contributed by atoms with Crippen LogP contribution in [0.2, 0.25) is 0 Å². The molecule has 0 unspecified atom stereocenters. The highest BCUT2D eigenvalue weighted by molar-refractivity contribution is 4.67. The maximum Gasteiger partial charge on any atom is 0.0799 e. The van der Waals surface area contributed by atoms with Crippen molar-refractivity contribution in [2.75, 3.05) is 0 Å². The molecule has 0 bridgehead atoms. The van der Waals surface area contributed by atoms with E-state index in [0.29, 0.717) is 0 Å². The predicted molar refractivity (Wildman–Crippen MR) is 67.4 cm³/mol. The van der Waals surface area contributed by atoms with Crippen molar-refractivity contribution in [3.8, 4) is 0 Å². The summed E-state index contributed by atoms with van der Waals surface area (Å²) in [7, 11) is 0. The fourth-order valence-corrected chi connectivity index (χ4v) is 2.51. The summed E-state index contributed by atoms with van der Waals surface area (Å²) in [6.45, 7) is 0. The third-order valence-corrected chi connectivity index (χ3v) is 3.69. The molecule has 0 aromatic carbocycles. The molecule has 1 aliphatic carbocycles. The van der Waals surface area contributed by atoms with Crippen LogP contribution in [0.15, 0.2) is 0 Å². The maximum atomic E-state index is 9.74. The minimum Gasteiger partial charge on any atom is -0.390 e. The summed E-state index contributed by atoms with van der Waals surface area (Å²) in [5.41, 5.74) is 0. The van der Waals surface area contributed by atoms with Crippen LogP contribution in [-0.2, 0) is 0 Å². The Bertz CT molecular complexity index is 141. The lowest BCUT2D eigenvalue weighted by atomic mass is 9.98. The Labute approximate surface area is 100 Å². The zero-order valence-corrected chi connectivity index (χ0v) is 10.5. The summed E-state index contributed by atoms with van der Waals surface area (Å²) in [4.78, 5) is 0. The normalized spacial score (nSPS) is 31.9. The Morgan fingerprint density at radius 2 is 0.688 bits per heavy atom. The van der Waals surface area contributed by atoms with E-state index >= 15 is 0 Å². The number of hydrogen-bond acceptors (Lipinski definition) is 2. The summed E-state index contributed by atoms with van der Waals surface area (Å²) in [6, 6.07) is 0. The van der Waals surface area contributed by atoms with Crippen molar-refractivity contribution in [1.29, 1.82) is 0 Å². The molecule has 0 aromatic rings. The van der Waals surface area contributed by atoms with E-state index in [1.54, 1.807) is 0 Å². The average Bonchev–Trinajstić information content (AvgIpc) is 2.29. The second kappa shape index (κ2) is 9.00. The molecule has 16 heavy (non-hydrogen) atoms. The fraction of sp³-hybridized carbons (Fsp3) is 1.00. The van der Waals surface area contributed by atoms with E-state index < -0.39 is 12.2 Å². The highest BCUT2D eigenvalue weighted by Gasteiger charge is 2.15. The molecule has 1 rings (SSSR count). The number of aliphatic hydroxyl groups excluding tert-OH is 2. The maximum absolute atomic E-state index is 9.74. The molecular weight excluding hydrogens is 200 g/mol. The molecule has 1 aliphatic rings. The van der Waals surface area contributed by atoms with Crippen molar-refractivity contribution in [2.45, 2.75) is 89.3 Å². The Balaban J connectivity index is 2.21. The average molecular weight is 228 g/mol. The van der Waals surface area contributed by atoms with E-state index in [1.165, 1.54) is 51.4 Å². The zero-order valence-electron chi connectivity index (χ0n) is 10.5. The van der Waals surface area contributed by atoms with Crippen molar-refractivity contribution in [3.05, 3.63) is 0 Å². The van der Waals surface area contributed by atoms with Gasteiger partial charge in [0, 0.05) is 0 Å². The molecular formula is C14H28O2. The molecule has 2 N–H and O–H groups in total. The van der Waals surface area contributed by atoms with Crippen LogP contribution in [0.25, 0.3) is 0 Å². The summed E-state index contributed by atoms with van der Waals surface area (Å²) in [5, 5.41) is 19.5. The second-order valence-corrected chi connectivity index (χ2v) is 5.25. The van der Waals surface area contributed by atoms with Gasteiger partial charge in [-0.25, -0.2) is 0 Å². The Morgan fingerprint density at radius 1 is 0.438 bits per heavy atom. The largest absolute Gasteiger partial charge is 0.390 e. The van der Waals surface area contributed by atoms with E-state index in [9.17, 15) is 10.2 Å². The lowest BCUT2D eigenvalue weighted by molar-refractivity contribution is 0.00705. The van der Waals surface area contributed by atoms with Crippen molar-refractivity contribution in [3.63, 3.8) is 0 Å². The van der Waals surface area contributed by atoms with Crippen molar-refractivity contribution >= 4 is 0 Å². The van der Waals surface area contributed by atoms with Gasteiger partial charge in [-0.2, -0.15) is 0 Å². The van der Waals surface area contributed by atoms with Crippen LogP contribution < -0.4 is 0 Å². The van der Waals surface area contributed by atoms with Gasteiger partial charge in [0.15, 0.2) is 0 Å². The van der Waals surface area contributed by atoms with Gasteiger partial charge < -0.3 is 10.2 Å². The first-order valence-corrected chi connectivity index (χ1v) is 7.17. The Kier molecular flexibility index (Phi) is 7.87. The molecule has 2 nitrogen and oxygen atoms in total. The Morgan fingerprint density at radius 3 is 1.00 bits per heavy atom. The standard InChI is InChI=1S/C14H28O2/c15-13-11-9-7-5-3-1-2-4-6-8-10-12-14(13)16/h13-16H,1-12H2/t13-,14-/m1/s1. The molecule has 1 fully saturated rings. The number of rotatable bonds is 0. The quantitative estimate of drug-likeness (QED) is 0.667. The predicted octanol–water partition coefficient (Wildman–Crippen LogP) is 3.40. The smallest absolute Gasteiger partial charge is 0.0799 e. The van der Waals surface area contributed by atoms with Crippen LogP contribution in [0.3, 0.4) is 0 Å². The van der Waals surface area contributed by atoms with Crippen LogP contribution in [0.4, 0.5) is 0 Å². The highest BCUT2D eigenvalue weighted by Crippen LogP contribution is 2.17. The van der Waals surface area contributed by atoms with Crippen LogP contribution in [0, 0.1) is 0 Å². The third kappa shape index (κ3) is 6.49. The zero-order chi connectivity index (χ0) is 11.6. The van der Waals surface area contributed by atoms with Gasteiger partial charge in [0.2, 0.25) is 0 Å². The monoisotopic (exact) mass is 228 g/mol. The van der Waals surface area contributed by atoms with Gasteiger partial charge in [0.25, 0.3) is 0 Å². The molecule has 0 aromatic heterocycles.